The van der Waals surface area contributed by atoms with E-state index in [1.807, 2.05) is 0 Å². The van der Waals surface area contributed by atoms with Gasteiger partial charge in [-0.15, -0.1) is 0 Å². The Balaban J connectivity index is 2.22. The molecule has 92 valence electrons. The molecule has 3 N–H and O–H groups in total. The lowest BCUT2D eigenvalue weighted by Crippen LogP contribution is -2.25. The summed E-state index contributed by atoms with van der Waals surface area (Å²) >= 11 is 0. The zero-order valence-electron chi connectivity index (χ0n) is 9.02. The van der Waals surface area contributed by atoms with Crippen molar-refractivity contribution < 1.29 is 13.5 Å². The fraction of sp³-hybridized carbons (Fsp3) is 0.667. The van der Waals surface area contributed by atoms with Crippen molar-refractivity contribution in [2.45, 2.75) is 30.7 Å². The van der Waals surface area contributed by atoms with Crippen LogP contribution in [-0.2, 0) is 10.0 Å². The maximum absolute atomic E-state index is 11.6. The molecule has 0 unspecified atom stereocenters. The molecule has 0 saturated carbocycles. The molecule has 0 aliphatic carbocycles. The third-order valence-electron chi connectivity index (χ3n) is 2.14. The number of H-pyrrole nitrogens is 1. The number of hydrogen-bond donors (Lipinski definition) is 3. The molecule has 1 heterocycles. The fourth-order valence-electron chi connectivity index (χ4n) is 1.26. The maximum Gasteiger partial charge on any atom is 0.257 e. The summed E-state index contributed by atoms with van der Waals surface area (Å²) < 4.78 is 25.6. The number of rotatable bonds is 8. The van der Waals surface area contributed by atoms with Crippen molar-refractivity contribution >= 4 is 10.0 Å². The van der Waals surface area contributed by atoms with Gasteiger partial charge >= 0.3 is 0 Å². The van der Waals surface area contributed by atoms with Gasteiger partial charge in [-0.2, -0.15) is 0 Å². The van der Waals surface area contributed by atoms with Gasteiger partial charge in [-0.1, -0.05) is 12.8 Å². The Morgan fingerprint density at radius 2 is 2.06 bits per heavy atom. The molecule has 0 bridgehead atoms. The summed E-state index contributed by atoms with van der Waals surface area (Å²) in [4.78, 5) is 6.20. The van der Waals surface area contributed by atoms with Gasteiger partial charge in [0, 0.05) is 13.2 Å². The van der Waals surface area contributed by atoms with E-state index in [0.29, 0.717) is 6.54 Å². The van der Waals surface area contributed by atoms with Gasteiger partial charge in [0.25, 0.3) is 10.0 Å². The van der Waals surface area contributed by atoms with Crippen molar-refractivity contribution in [1.82, 2.24) is 14.7 Å². The van der Waals surface area contributed by atoms with Crippen molar-refractivity contribution in [2.24, 2.45) is 0 Å². The van der Waals surface area contributed by atoms with Crippen LogP contribution in [0.1, 0.15) is 25.7 Å². The van der Waals surface area contributed by atoms with Gasteiger partial charge in [-0.05, 0) is 12.8 Å². The predicted molar refractivity (Wildman–Crippen MR) is 59.3 cm³/mol. The van der Waals surface area contributed by atoms with Crippen LogP contribution in [0.15, 0.2) is 17.6 Å². The first kappa shape index (κ1) is 13.1. The first-order valence-corrected chi connectivity index (χ1v) is 6.74. The highest BCUT2D eigenvalue weighted by Crippen LogP contribution is 2.03. The second-order valence-corrected chi connectivity index (χ2v) is 5.19. The van der Waals surface area contributed by atoms with Crippen LogP contribution in [0.3, 0.4) is 0 Å². The van der Waals surface area contributed by atoms with Crippen LogP contribution >= 0.6 is 0 Å². The molecule has 0 radical (unpaired) electrons. The highest BCUT2D eigenvalue weighted by Gasteiger charge is 2.13. The van der Waals surface area contributed by atoms with E-state index in [9.17, 15) is 8.42 Å². The average molecular weight is 247 g/mol. The lowest BCUT2D eigenvalue weighted by atomic mass is 10.2. The van der Waals surface area contributed by atoms with Crippen LogP contribution in [0.2, 0.25) is 0 Å². The van der Waals surface area contributed by atoms with Crippen LogP contribution < -0.4 is 4.72 Å². The number of imidazole rings is 1. The van der Waals surface area contributed by atoms with Gasteiger partial charge in [0.15, 0.2) is 5.03 Å². The number of nitrogens with zero attached hydrogens (tertiary/aromatic N) is 1. The topological polar surface area (TPSA) is 95.1 Å². The lowest BCUT2D eigenvalue weighted by Gasteiger charge is -2.04. The molecule has 7 heteroatoms. The Bertz CT molecular complexity index is 375. The highest BCUT2D eigenvalue weighted by molar-refractivity contribution is 7.89. The third-order valence-corrected chi connectivity index (χ3v) is 3.53. The number of aliphatic hydroxyl groups is 1. The Morgan fingerprint density at radius 3 is 2.69 bits per heavy atom. The monoisotopic (exact) mass is 247 g/mol. The van der Waals surface area contributed by atoms with Crippen molar-refractivity contribution in [1.29, 1.82) is 0 Å². The number of aromatic amines is 1. The second-order valence-electron chi connectivity index (χ2n) is 3.45. The van der Waals surface area contributed by atoms with Crippen molar-refractivity contribution in [3.8, 4) is 0 Å². The van der Waals surface area contributed by atoms with Crippen LogP contribution in [0.5, 0.6) is 0 Å². The van der Waals surface area contributed by atoms with E-state index in [1.165, 1.54) is 12.5 Å². The van der Waals surface area contributed by atoms with Crippen molar-refractivity contribution in [3.63, 3.8) is 0 Å². The Kier molecular flexibility index (Phi) is 5.44. The van der Waals surface area contributed by atoms with E-state index in [1.54, 1.807) is 0 Å². The molecule has 0 atom stereocenters. The standard InChI is InChI=1S/C9H17N3O3S/c13-6-4-2-1-3-5-12-16(14,15)9-7-10-8-11-9/h7-8,12-13H,1-6H2,(H,10,11). The van der Waals surface area contributed by atoms with Crippen LogP contribution in [0, 0.1) is 0 Å². The molecular weight excluding hydrogens is 230 g/mol. The summed E-state index contributed by atoms with van der Waals surface area (Å²) in [5.74, 6) is 0. The first-order valence-electron chi connectivity index (χ1n) is 5.26. The molecule has 1 aromatic heterocycles. The molecule has 6 nitrogen and oxygen atoms in total. The van der Waals surface area contributed by atoms with E-state index >= 15 is 0 Å². The molecule has 0 amide bonds. The van der Waals surface area contributed by atoms with E-state index in [-0.39, 0.29) is 11.6 Å². The number of sulfonamides is 1. The number of hydrogen-bond acceptors (Lipinski definition) is 4. The number of nitrogens with one attached hydrogen (secondary N) is 2. The van der Waals surface area contributed by atoms with Gasteiger partial charge in [0.2, 0.25) is 0 Å². The molecule has 16 heavy (non-hydrogen) atoms. The highest BCUT2D eigenvalue weighted by atomic mass is 32.2. The SMILES string of the molecule is O=S(=O)(NCCCCCCO)c1cnc[nH]1. The predicted octanol–water partition coefficient (Wildman–Crippen LogP) is 0.241. The summed E-state index contributed by atoms with van der Waals surface area (Å²) in [5, 5.41) is 8.64. The summed E-state index contributed by atoms with van der Waals surface area (Å²) in [6, 6.07) is 0. The van der Waals surface area contributed by atoms with E-state index in [2.05, 4.69) is 14.7 Å². The number of unbranched alkanes of at least 4 members (excludes halogenated alkanes) is 3. The Morgan fingerprint density at radius 1 is 1.31 bits per heavy atom. The minimum Gasteiger partial charge on any atom is -0.396 e. The molecule has 0 aliphatic rings. The molecular formula is C9H17N3O3S. The molecule has 0 spiro atoms. The van der Waals surface area contributed by atoms with Crippen LogP contribution in [0.25, 0.3) is 0 Å². The smallest absolute Gasteiger partial charge is 0.257 e. The van der Waals surface area contributed by atoms with Crippen LogP contribution in [0.4, 0.5) is 0 Å². The van der Waals surface area contributed by atoms with Gasteiger partial charge in [0.1, 0.15) is 0 Å². The lowest BCUT2D eigenvalue weighted by molar-refractivity contribution is 0.282. The molecule has 0 fully saturated rings. The number of aromatic nitrogens is 2. The zero-order valence-corrected chi connectivity index (χ0v) is 9.83. The summed E-state index contributed by atoms with van der Waals surface area (Å²) in [7, 11) is -3.43. The van der Waals surface area contributed by atoms with Crippen LogP contribution in [-0.4, -0.2) is 36.6 Å². The Hall–Kier alpha value is -0.920. The van der Waals surface area contributed by atoms with Crippen molar-refractivity contribution in [2.75, 3.05) is 13.2 Å². The molecule has 1 aromatic rings. The molecule has 1 rings (SSSR count). The molecule has 0 saturated heterocycles. The summed E-state index contributed by atoms with van der Waals surface area (Å²) in [6.07, 6.45) is 5.97. The van der Waals surface area contributed by atoms with Gasteiger partial charge in [-0.3, -0.25) is 0 Å². The van der Waals surface area contributed by atoms with Crippen molar-refractivity contribution in [3.05, 3.63) is 12.5 Å². The Labute approximate surface area is 95.2 Å². The van der Waals surface area contributed by atoms with Gasteiger partial charge in [0.05, 0.1) is 12.5 Å². The summed E-state index contributed by atoms with van der Waals surface area (Å²) in [5.41, 5.74) is 0. The minimum absolute atomic E-state index is 0.0860. The fourth-order valence-corrected chi connectivity index (χ4v) is 2.24. The normalized spacial score (nSPS) is 11.8. The molecule has 0 aromatic carbocycles. The van der Waals surface area contributed by atoms with Gasteiger partial charge < -0.3 is 10.1 Å². The average Bonchev–Trinajstić information content (AvgIpc) is 2.77. The quantitative estimate of drug-likeness (QED) is 0.573. The maximum atomic E-state index is 11.6. The second kappa shape index (κ2) is 6.62. The van der Waals surface area contributed by atoms with E-state index < -0.39 is 10.0 Å². The van der Waals surface area contributed by atoms with Gasteiger partial charge in [-0.25, -0.2) is 18.1 Å². The number of aliphatic hydroxyl groups excluding tert-OH is 1. The van der Waals surface area contributed by atoms with E-state index in [4.69, 9.17) is 5.11 Å². The minimum atomic E-state index is -3.43. The molecule has 0 aliphatic heterocycles. The van der Waals surface area contributed by atoms with E-state index in [0.717, 1.165) is 25.7 Å². The first-order chi connectivity index (χ1) is 7.67. The third kappa shape index (κ3) is 4.30. The summed E-state index contributed by atoms with van der Waals surface area (Å²) in [6.45, 7) is 0.604. The largest absolute Gasteiger partial charge is 0.396 e. The zero-order chi connectivity index (χ0) is 11.9.